The molecule has 0 fully saturated rings. The van der Waals surface area contributed by atoms with Crippen molar-refractivity contribution in [1.82, 2.24) is 4.90 Å². The number of likely N-dealkylation sites (N-methyl/N-ethyl adjacent to an activating group) is 2. The third-order valence-electron chi connectivity index (χ3n) is 5.74. The van der Waals surface area contributed by atoms with Crippen molar-refractivity contribution in [2.24, 2.45) is 0 Å². The van der Waals surface area contributed by atoms with Crippen molar-refractivity contribution in [3.8, 4) is 5.75 Å². The van der Waals surface area contributed by atoms with Crippen LogP contribution in [0.25, 0.3) is 0 Å². The summed E-state index contributed by atoms with van der Waals surface area (Å²) < 4.78 is 5.42. The van der Waals surface area contributed by atoms with Gasteiger partial charge in [0.25, 0.3) is 0 Å². The first-order chi connectivity index (χ1) is 17.7. The van der Waals surface area contributed by atoms with Gasteiger partial charge in [0, 0.05) is 32.9 Å². The van der Waals surface area contributed by atoms with Crippen LogP contribution < -0.4 is 20.3 Å². The summed E-state index contributed by atoms with van der Waals surface area (Å²) in [5.41, 5.74) is 2.75. The number of carbonyl (C=O) groups excluding carboxylic acids is 2. The number of benzene rings is 3. The summed E-state index contributed by atoms with van der Waals surface area (Å²) in [5, 5.41) is 14.9. The van der Waals surface area contributed by atoms with Gasteiger partial charge in [-0.2, -0.15) is 0 Å². The molecule has 0 aromatic heterocycles. The molecule has 0 heterocycles. The second-order valence-electron chi connectivity index (χ2n) is 8.36. The number of nitrogens with zero attached hydrogens (tertiary/aromatic N) is 2. The molecule has 0 aliphatic rings. The summed E-state index contributed by atoms with van der Waals surface area (Å²) in [4.78, 5) is 39.8. The van der Waals surface area contributed by atoms with Crippen LogP contribution in [0.4, 0.5) is 21.9 Å². The number of hydrogen-bond acceptors (Lipinski definition) is 5. The molecule has 0 spiro atoms. The third-order valence-corrected chi connectivity index (χ3v) is 6.07. The van der Waals surface area contributed by atoms with Crippen molar-refractivity contribution in [2.45, 2.75) is 6.42 Å². The van der Waals surface area contributed by atoms with E-state index in [9.17, 15) is 14.4 Å². The lowest BCUT2D eigenvalue weighted by atomic mass is 10.1. The maximum Gasteiger partial charge on any atom is 0.335 e. The van der Waals surface area contributed by atoms with E-state index in [4.69, 9.17) is 21.4 Å². The van der Waals surface area contributed by atoms with E-state index in [2.05, 4.69) is 10.6 Å². The van der Waals surface area contributed by atoms with Gasteiger partial charge in [0.2, 0.25) is 5.91 Å². The number of hydrogen-bond donors (Lipinski definition) is 3. The zero-order valence-corrected chi connectivity index (χ0v) is 21.6. The van der Waals surface area contributed by atoms with E-state index in [-0.39, 0.29) is 17.9 Å². The summed E-state index contributed by atoms with van der Waals surface area (Å²) in [6.07, 6.45) is 0.163. The molecule has 3 amide bonds. The Morgan fingerprint density at radius 3 is 2.24 bits per heavy atom. The molecule has 3 aromatic rings. The fraction of sp³-hybridized carbons (Fsp3) is 0.222. The van der Waals surface area contributed by atoms with Gasteiger partial charge >= 0.3 is 12.0 Å². The molecule has 9 nitrogen and oxygen atoms in total. The first-order valence-electron chi connectivity index (χ1n) is 11.5. The number of para-hydroxylation sites is 1. The van der Waals surface area contributed by atoms with Gasteiger partial charge in [0.1, 0.15) is 5.75 Å². The summed E-state index contributed by atoms with van der Waals surface area (Å²) >= 11 is 6.09. The van der Waals surface area contributed by atoms with E-state index in [0.29, 0.717) is 35.2 Å². The molecule has 10 heteroatoms. The maximum atomic E-state index is 12.8. The Hall–Kier alpha value is -4.24. The predicted octanol–water partition coefficient (Wildman–Crippen LogP) is 4.83. The number of urea groups is 1. The number of nitrogens with one attached hydrogen (secondary N) is 2. The zero-order chi connectivity index (χ0) is 26.9. The number of anilines is 3. The summed E-state index contributed by atoms with van der Waals surface area (Å²) in [7, 11) is 5.10. The molecule has 3 N–H and O–H groups in total. The van der Waals surface area contributed by atoms with E-state index in [0.717, 1.165) is 11.3 Å². The van der Waals surface area contributed by atoms with Crippen LogP contribution >= 0.6 is 11.6 Å². The highest BCUT2D eigenvalue weighted by molar-refractivity contribution is 6.33. The quantitative estimate of drug-likeness (QED) is 0.350. The highest BCUT2D eigenvalue weighted by atomic mass is 35.5. The number of halogens is 1. The lowest BCUT2D eigenvalue weighted by Crippen LogP contribution is -2.35. The van der Waals surface area contributed by atoms with E-state index in [1.807, 2.05) is 11.9 Å². The molecular weight excluding hydrogens is 496 g/mol. The molecule has 3 aromatic carbocycles. The normalized spacial score (nSPS) is 10.4. The highest BCUT2D eigenvalue weighted by Gasteiger charge is 2.15. The minimum absolute atomic E-state index is 0.0751. The number of carboxylic acids is 1. The SMILES string of the molecule is COc1cc(CC(=O)N(C)CCN(C)c2ccc(C(=O)O)cc2)ccc1NC(=O)Nc1ccccc1Cl. The minimum atomic E-state index is -0.972. The molecule has 0 unspecified atom stereocenters. The summed E-state index contributed by atoms with van der Waals surface area (Å²) in [6, 6.07) is 18.2. The Balaban J connectivity index is 1.55. The lowest BCUT2D eigenvalue weighted by molar-refractivity contribution is -0.129. The summed E-state index contributed by atoms with van der Waals surface area (Å²) in [5.74, 6) is -0.624. The Kier molecular flexibility index (Phi) is 9.34. The van der Waals surface area contributed by atoms with Crippen LogP contribution in [-0.4, -0.2) is 62.2 Å². The Morgan fingerprint density at radius 2 is 1.59 bits per heavy atom. The average molecular weight is 525 g/mol. The largest absolute Gasteiger partial charge is 0.495 e. The number of carboxylic acid groups (broad SMARTS) is 1. The third kappa shape index (κ3) is 7.62. The van der Waals surface area contributed by atoms with Gasteiger partial charge in [-0.1, -0.05) is 29.8 Å². The van der Waals surface area contributed by atoms with Crippen LogP contribution in [0.2, 0.25) is 5.02 Å². The molecule has 0 aliphatic heterocycles. The van der Waals surface area contributed by atoms with Gasteiger partial charge in [-0.25, -0.2) is 9.59 Å². The molecule has 0 saturated heterocycles. The second-order valence-corrected chi connectivity index (χ2v) is 8.77. The van der Waals surface area contributed by atoms with Crippen LogP contribution in [0, 0.1) is 0 Å². The van der Waals surface area contributed by atoms with Gasteiger partial charge in [-0.05, 0) is 54.1 Å². The highest BCUT2D eigenvalue weighted by Crippen LogP contribution is 2.27. The van der Waals surface area contributed by atoms with Crippen molar-refractivity contribution < 1.29 is 24.2 Å². The number of ether oxygens (including phenoxy) is 1. The van der Waals surface area contributed by atoms with E-state index in [1.165, 1.54) is 7.11 Å². The maximum absolute atomic E-state index is 12.8. The number of aromatic carboxylic acids is 1. The molecule has 3 rings (SSSR count). The first-order valence-corrected chi connectivity index (χ1v) is 11.8. The second kappa shape index (κ2) is 12.6. The molecule has 0 aliphatic carbocycles. The van der Waals surface area contributed by atoms with Crippen molar-refractivity contribution in [3.63, 3.8) is 0 Å². The van der Waals surface area contributed by atoms with E-state index < -0.39 is 12.0 Å². The number of amides is 3. The van der Waals surface area contributed by atoms with Crippen LogP contribution in [0.15, 0.2) is 66.7 Å². The molecule has 0 bridgehead atoms. The van der Waals surface area contributed by atoms with E-state index in [1.54, 1.807) is 78.7 Å². The molecule has 0 radical (unpaired) electrons. The Bertz CT molecular complexity index is 1270. The average Bonchev–Trinajstić information content (AvgIpc) is 2.89. The van der Waals surface area contributed by atoms with Gasteiger partial charge in [-0.3, -0.25) is 4.79 Å². The summed E-state index contributed by atoms with van der Waals surface area (Å²) in [6.45, 7) is 1.05. The smallest absolute Gasteiger partial charge is 0.335 e. The molecule has 0 saturated carbocycles. The molecule has 0 atom stereocenters. The Labute approximate surface area is 220 Å². The minimum Gasteiger partial charge on any atom is -0.495 e. The van der Waals surface area contributed by atoms with Gasteiger partial charge in [0.05, 0.1) is 35.5 Å². The first kappa shape index (κ1) is 27.3. The van der Waals surface area contributed by atoms with Gasteiger partial charge in [-0.15, -0.1) is 0 Å². The van der Waals surface area contributed by atoms with Crippen molar-refractivity contribution in [2.75, 3.05) is 49.8 Å². The standard InChI is InChI=1S/C27H29ClN4O5/c1-31(20-11-9-19(10-12-20)26(34)35)14-15-32(2)25(33)17-18-8-13-23(24(16-18)37-3)30-27(36)29-22-7-5-4-6-21(22)28/h4-13,16H,14-15,17H2,1-3H3,(H,34,35)(H2,29,30,36). The van der Waals surface area contributed by atoms with Crippen molar-refractivity contribution in [1.29, 1.82) is 0 Å². The fourth-order valence-electron chi connectivity index (χ4n) is 3.51. The van der Waals surface area contributed by atoms with Gasteiger partial charge in [0.15, 0.2) is 0 Å². The molecular formula is C27H29ClN4O5. The fourth-order valence-corrected chi connectivity index (χ4v) is 3.69. The van der Waals surface area contributed by atoms with E-state index >= 15 is 0 Å². The number of carbonyl (C=O) groups is 3. The topological polar surface area (TPSA) is 111 Å². The monoisotopic (exact) mass is 524 g/mol. The molecule has 37 heavy (non-hydrogen) atoms. The van der Waals surface area contributed by atoms with Crippen LogP contribution in [-0.2, 0) is 11.2 Å². The lowest BCUT2D eigenvalue weighted by Gasteiger charge is -2.24. The number of methoxy groups -OCH3 is 1. The zero-order valence-electron chi connectivity index (χ0n) is 20.8. The van der Waals surface area contributed by atoms with Crippen LogP contribution in [0.5, 0.6) is 5.75 Å². The molecule has 194 valence electrons. The van der Waals surface area contributed by atoms with Crippen molar-refractivity contribution in [3.05, 3.63) is 82.9 Å². The van der Waals surface area contributed by atoms with Crippen LogP contribution in [0.3, 0.4) is 0 Å². The van der Waals surface area contributed by atoms with Crippen molar-refractivity contribution >= 4 is 46.6 Å². The predicted molar refractivity (Wildman–Crippen MR) is 145 cm³/mol. The Morgan fingerprint density at radius 1 is 0.919 bits per heavy atom. The number of rotatable bonds is 10. The van der Waals surface area contributed by atoms with Crippen LogP contribution in [0.1, 0.15) is 15.9 Å². The van der Waals surface area contributed by atoms with Gasteiger partial charge < -0.3 is 30.3 Å².